The maximum absolute atomic E-state index is 10.7. The second-order valence-electron chi connectivity index (χ2n) is 2.10. The Morgan fingerprint density at radius 3 is 2.08 bits per heavy atom. The van der Waals surface area contributed by atoms with Gasteiger partial charge in [0.2, 0.25) is 6.29 Å². The molecular formula is C5H7O6S. The molecule has 0 spiro atoms. The lowest BCUT2D eigenvalue weighted by Gasteiger charge is -2.14. The summed E-state index contributed by atoms with van der Waals surface area (Å²) in [6.45, 7) is 0.696. The number of esters is 1. The van der Waals surface area contributed by atoms with Gasteiger partial charge in [-0.3, -0.25) is 9.35 Å². The lowest BCUT2D eigenvalue weighted by molar-refractivity contribution is -0.141. The number of methoxy groups -OCH3 is 1. The summed E-state index contributed by atoms with van der Waals surface area (Å²) in [7, 11) is -3.93. The van der Waals surface area contributed by atoms with Crippen LogP contribution < -0.4 is 0 Å². The molecule has 0 aromatic heterocycles. The molecule has 0 fully saturated rings. The van der Waals surface area contributed by atoms with E-state index in [1.54, 1.807) is 0 Å². The average Bonchev–Trinajstić information content (AvgIpc) is 1.99. The molecule has 1 unspecified atom stereocenters. The molecule has 0 amide bonds. The maximum atomic E-state index is 10.7. The van der Waals surface area contributed by atoms with Crippen LogP contribution >= 0.6 is 0 Å². The maximum Gasteiger partial charge on any atom is 0.337 e. The molecule has 0 saturated carbocycles. The molecule has 12 heavy (non-hydrogen) atoms. The minimum Gasteiger partial charge on any atom is -0.467 e. The third-order valence-electron chi connectivity index (χ3n) is 1.29. The van der Waals surface area contributed by atoms with Gasteiger partial charge >= 0.3 is 5.97 Å². The van der Waals surface area contributed by atoms with Gasteiger partial charge in [-0.25, -0.2) is 4.79 Å². The highest BCUT2D eigenvalue weighted by Gasteiger charge is 2.48. The molecule has 1 atom stereocenters. The number of carbonyl (C=O) groups excluding carboxylic acids is 2. The molecule has 0 rings (SSSR count). The van der Waals surface area contributed by atoms with E-state index in [1.807, 2.05) is 0 Å². The molecule has 0 heterocycles. The summed E-state index contributed by atoms with van der Waals surface area (Å²) in [6.07, 6.45) is 0.907. The van der Waals surface area contributed by atoms with Gasteiger partial charge in [0.05, 0.1) is 7.11 Å². The Bertz CT molecular complexity index is 291. The fourth-order valence-corrected chi connectivity index (χ4v) is 0.794. The van der Waals surface area contributed by atoms with Crippen molar-refractivity contribution in [2.75, 3.05) is 7.11 Å². The smallest absolute Gasteiger partial charge is 0.337 e. The van der Waals surface area contributed by atoms with Crippen LogP contribution in [0.1, 0.15) is 6.92 Å². The highest BCUT2D eigenvalue weighted by Crippen LogP contribution is 2.14. The van der Waals surface area contributed by atoms with E-state index >= 15 is 0 Å². The summed E-state index contributed by atoms with van der Waals surface area (Å²) < 4.78 is 30.7. The van der Waals surface area contributed by atoms with E-state index < -0.39 is 20.8 Å². The topological polar surface area (TPSA) is 97.7 Å². The minimum absolute atomic E-state index is 0.696. The predicted octanol–water partition coefficient (Wildman–Crippen LogP) is -1.08. The molecule has 69 valence electrons. The third kappa shape index (κ3) is 1.62. The summed E-state index contributed by atoms with van der Waals surface area (Å²) in [4.78, 5) is 20.8. The van der Waals surface area contributed by atoms with E-state index in [0.29, 0.717) is 6.92 Å². The van der Waals surface area contributed by atoms with Crippen molar-refractivity contribution in [2.24, 2.45) is 0 Å². The van der Waals surface area contributed by atoms with Gasteiger partial charge in [0.1, 0.15) is 0 Å². The molecule has 1 radical (unpaired) electrons. The highest BCUT2D eigenvalue weighted by molar-refractivity contribution is 7.88. The first-order chi connectivity index (χ1) is 5.29. The van der Waals surface area contributed by atoms with Gasteiger partial charge in [0.25, 0.3) is 14.9 Å². The molecule has 0 aromatic rings. The first kappa shape index (κ1) is 11.1. The van der Waals surface area contributed by atoms with E-state index in [-0.39, 0.29) is 0 Å². The fraction of sp³-hybridized carbons (Fsp3) is 0.600. The molecule has 1 N–H and O–H groups in total. The highest BCUT2D eigenvalue weighted by atomic mass is 32.2. The third-order valence-corrected chi connectivity index (χ3v) is 2.57. The molecule has 0 aliphatic heterocycles. The zero-order valence-electron chi connectivity index (χ0n) is 6.40. The Hall–Kier alpha value is -0.950. The molecule has 0 saturated heterocycles. The first-order valence-electron chi connectivity index (χ1n) is 2.74. The fourth-order valence-electron chi connectivity index (χ4n) is 0.394. The van der Waals surface area contributed by atoms with Gasteiger partial charge in [-0.1, -0.05) is 0 Å². The summed E-state index contributed by atoms with van der Waals surface area (Å²) in [5.74, 6) is -1.38. The van der Waals surface area contributed by atoms with E-state index in [2.05, 4.69) is 4.74 Å². The van der Waals surface area contributed by atoms with Crippen molar-refractivity contribution in [2.45, 2.75) is 11.7 Å². The summed E-state index contributed by atoms with van der Waals surface area (Å²) >= 11 is 0. The van der Waals surface area contributed by atoms with Crippen LogP contribution in [0.5, 0.6) is 0 Å². The lowest BCUT2D eigenvalue weighted by Crippen LogP contribution is -2.45. The van der Waals surface area contributed by atoms with E-state index in [9.17, 15) is 18.0 Å². The molecule has 0 aliphatic rings. The quantitative estimate of drug-likeness (QED) is 0.349. The van der Waals surface area contributed by atoms with Crippen LogP contribution in [-0.4, -0.2) is 37.1 Å². The SMILES string of the molecule is COC(=O)C(C)([C]=O)S(=O)(=O)O. The van der Waals surface area contributed by atoms with Gasteiger partial charge in [0, 0.05) is 0 Å². The van der Waals surface area contributed by atoms with Crippen LogP contribution in [0, 0.1) is 0 Å². The molecular weight excluding hydrogens is 188 g/mol. The van der Waals surface area contributed by atoms with Crippen molar-refractivity contribution in [1.82, 2.24) is 0 Å². The zero-order chi connectivity index (χ0) is 9.99. The second-order valence-corrected chi connectivity index (χ2v) is 3.87. The first-order valence-corrected chi connectivity index (χ1v) is 4.18. The van der Waals surface area contributed by atoms with Crippen molar-refractivity contribution in [3.63, 3.8) is 0 Å². The molecule has 7 heteroatoms. The molecule has 0 aliphatic carbocycles. The Balaban J connectivity index is 5.23. The summed E-state index contributed by atoms with van der Waals surface area (Å²) in [5, 5.41) is 0. The number of carbonyl (C=O) groups is 1. The van der Waals surface area contributed by atoms with E-state index in [4.69, 9.17) is 4.55 Å². The van der Waals surface area contributed by atoms with Crippen LogP contribution in [0.25, 0.3) is 0 Å². The Morgan fingerprint density at radius 2 is 2.00 bits per heavy atom. The Labute approximate surface area is 69.3 Å². The van der Waals surface area contributed by atoms with Gasteiger partial charge in [-0.05, 0) is 6.92 Å². The largest absolute Gasteiger partial charge is 0.467 e. The summed E-state index contributed by atoms with van der Waals surface area (Å²) in [6, 6.07) is 0. The van der Waals surface area contributed by atoms with Crippen molar-refractivity contribution in [3.05, 3.63) is 0 Å². The molecule has 0 aromatic carbocycles. The standard InChI is InChI=1S/C5H7O6S/c1-5(3-6,4(7)11-2)12(8,9)10/h1-2H3,(H,8,9,10). The Kier molecular flexibility index (Phi) is 2.94. The van der Waals surface area contributed by atoms with Crippen LogP contribution in [0.15, 0.2) is 0 Å². The van der Waals surface area contributed by atoms with Crippen molar-refractivity contribution < 1.29 is 27.3 Å². The number of hydrogen-bond acceptors (Lipinski definition) is 5. The minimum atomic E-state index is -4.82. The number of ether oxygens (including phenoxy) is 1. The van der Waals surface area contributed by atoms with Gasteiger partial charge in [-0.2, -0.15) is 8.42 Å². The summed E-state index contributed by atoms with van der Waals surface area (Å²) in [5.41, 5.74) is 0. The Morgan fingerprint density at radius 1 is 1.58 bits per heavy atom. The van der Waals surface area contributed by atoms with E-state index in [1.165, 1.54) is 0 Å². The van der Waals surface area contributed by atoms with Crippen LogP contribution in [0.4, 0.5) is 0 Å². The number of hydrogen-bond donors (Lipinski definition) is 1. The van der Waals surface area contributed by atoms with Crippen molar-refractivity contribution in [3.8, 4) is 0 Å². The normalized spacial score (nSPS) is 16.2. The van der Waals surface area contributed by atoms with Crippen LogP contribution in [0.2, 0.25) is 0 Å². The van der Waals surface area contributed by atoms with Crippen LogP contribution in [-0.2, 0) is 24.4 Å². The van der Waals surface area contributed by atoms with Gasteiger partial charge in [-0.15, -0.1) is 0 Å². The van der Waals surface area contributed by atoms with Crippen molar-refractivity contribution >= 4 is 22.4 Å². The van der Waals surface area contributed by atoms with E-state index in [0.717, 1.165) is 13.4 Å². The second kappa shape index (κ2) is 3.20. The lowest BCUT2D eigenvalue weighted by atomic mass is 10.2. The van der Waals surface area contributed by atoms with Gasteiger partial charge < -0.3 is 4.74 Å². The monoisotopic (exact) mass is 195 g/mol. The predicted molar refractivity (Wildman–Crippen MR) is 37.7 cm³/mol. The molecule has 6 nitrogen and oxygen atoms in total. The molecule has 0 bridgehead atoms. The van der Waals surface area contributed by atoms with Crippen LogP contribution in [0.3, 0.4) is 0 Å². The van der Waals surface area contributed by atoms with Gasteiger partial charge in [0.15, 0.2) is 0 Å². The number of rotatable bonds is 3. The van der Waals surface area contributed by atoms with Crippen molar-refractivity contribution in [1.29, 1.82) is 0 Å². The zero-order valence-corrected chi connectivity index (χ0v) is 7.21. The average molecular weight is 195 g/mol.